The zero-order valence-corrected chi connectivity index (χ0v) is 19.9. The average Bonchev–Trinajstić information content (AvgIpc) is 2.74. The molecule has 1 aromatic carbocycles. The lowest BCUT2D eigenvalue weighted by Crippen LogP contribution is -2.36. The molecule has 0 saturated carbocycles. The van der Waals surface area contributed by atoms with Crippen molar-refractivity contribution < 1.29 is 14.2 Å². The Morgan fingerprint density at radius 2 is 1.90 bits per heavy atom. The molecule has 160 valence electrons. The van der Waals surface area contributed by atoms with Crippen molar-refractivity contribution in [1.82, 2.24) is 15.6 Å². The Labute approximate surface area is 190 Å². The summed E-state index contributed by atoms with van der Waals surface area (Å²) in [6.45, 7) is 6.66. The van der Waals surface area contributed by atoms with Gasteiger partial charge in [0.25, 0.3) is 0 Å². The van der Waals surface area contributed by atoms with Crippen LogP contribution in [0.4, 0.5) is 0 Å². The minimum atomic E-state index is 0. The molecule has 0 amide bonds. The number of ether oxygens (including phenoxy) is 3. The van der Waals surface area contributed by atoms with Crippen LogP contribution in [0.5, 0.6) is 17.4 Å². The summed E-state index contributed by atoms with van der Waals surface area (Å²) in [5.41, 5.74) is 2.04. The zero-order valence-electron chi connectivity index (χ0n) is 17.5. The highest BCUT2D eigenvalue weighted by molar-refractivity contribution is 14.0. The number of nitrogens with one attached hydrogen (secondary N) is 2. The van der Waals surface area contributed by atoms with Gasteiger partial charge in [0.15, 0.2) is 5.96 Å². The molecule has 8 heteroatoms. The van der Waals surface area contributed by atoms with Gasteiger partial charge in [-0.15, -0.1) is 24.0 Å². The molecule has 0 aliphatic heterocycles. The second kappa shape index (κ2) is 13.9. The van der Waals surface area contributed by atoms with E-state index >= 15 is 0 Å². The summed E-state index contributed by atoms with van der Waals surface area (Å²) in [5, 5.41) is 6.58. The number of guanidine groups is 1. The zero-order chi connectivity index (χ0) is 20.2. The van der Waals surface area contributed by atoms with E-state index in [1.165, 1.54) is 0 Å². The predicted octanol–water partition coefficient (Wildman–Crippen LogP) is 3.76. The number of benzene rings is 1. The van der Waals surface area contributed by atoms with Crippen LogP contribution < -0.4 is 24.8 Å². The van der Waals surface area contributed by atoms with Crippen molar-refractivity contribution in [3.05, 3.63) is 47.7 Å². The Balaban J connectivity index is 0.00000420. The van der Waals surface area contributed by atoms with Gasteiger partial charge in [-0.25, -0.2) is 9.98 Å². The van der Waals surface area contributed by atoms with Gasteiger partial charge in [0.1, 0.15) is 11.5 Å². The number of hydrogen-bond donors (Lipinski definition) is 2. The molecule has 7 nitrogen and oxygen atoms in total. The fourth-order valence-electron chi connectivity index (χ4n) is 2.49. The van der Waals surface area contributed by atoms with Crippen molar-refractivity contribution in [2.24, 2.45) is 4.99 Å². The molecule has 0 spiro atoms. The Morgan fingerprint density at radius 3 is 2.52 bits per heavy atom. The molecule has 1 heterocycles. The number of pyridine rings is 1. The van der Waals surface area contributed by atoms with Gasteiger partial charge in [0.2, 0.25) is 5.88 Å². The first-order valence-electron chi connectivity index (χ1n) is 9.51. The molecule has 0 saturated heterocycles. The first-order chi connectivity index (χ1) is 13.7. The SMILES string of the molecule is CCCOc1ccc(CN=C(NCC)NCc2ccc(OC)cc2OC)cn1.I. The summed E-state index contributed by atoms with van der Waals surface area (Å²) in [6.07, 6.45) is 2.76. The number of aliphatic imine (C=N–C) groups is 1. The van der Waals surface area contributed by atoms with Crippen molar-refractivity contribution in [3.8, 4) is 17.4 Å². The topological polar surface area (TPSA) is 77.0 Å². The van der Waals surface area contributed by atoms with Crippen molar-refractivity contribution in [2.75, 3.05) is 27.4 Å². The molecular weight excluding hydrogens is 483 g/mol. The van der Waals surface area contributed by atoms with Crippen LogP contribution in [-0.4, -0.2) is 38.3 Å². The summed E-state index contributed by atoms with van der Waals surface area (Å²) >= 11 is 0. The van der Waals surface area contributed by atoms with Gasteiger partial charge in [0.05, 0.1) is 27.4 Å². The number of hydrogen-bond acceptors (Lipinski definition) is 5. The molecule has 2 N–H and O–H groups in total. The van der Waals surface area contributed by atoms with Gasteiger partial charge < -0.3 is 24.8 Å². The average molecular weight is 514 g/mol. The Bertz CT molecular complexity index is 754. The highest BCUT2D eigenvalue weighted by Gasteiger charge is 2.06. The van der Waals surface area contributed by atoms with Gasteiger partial charge in [0, 0.05) is 37.0 Å². The van der Waals surface area contributed by atoms with E-state index in [4.69, 9.17) is 14.2 Å². The standard InChI is InChI=1S/C21H30N4O3.HI/c1-5-11-28-20-10-7-16(13-23-20)14-24-21(22-6-2)25-15-17-8-9-18(26-3)12-19(17)27-4;/h7-10,12-13H,5-6,11,14-15H2,1-4H3,(H2,22,24,25);1H. The van der Waals surface area contributed by atoms with Crippen LogP contribution in [0.2, 0.25) is 0 Å². The quantitative estimate of drug-likeness (QED) is 0.286. The number of rotatable bonds is 10. The minimum Gasteiger partial charge on any atom is -0.497 e. The molecule has 0 aliphatic carbocycles. The van der Waals surface area contributed by atoms with Crippen LogP contribution in [0.25, 0.3) is 0 Å². The Hall–Kier alpha value is -2.23. The van der Waals surface area contributed by atoms with Crippen LogP contribution in [0.1, 0.15) is 31.4 Å². The van der Waals surface area contributed by atoms with Gasteiger partial charge in [-0.05, 0) is 31.0 Å². The fraction of sp³-hybridized carbons (Fsp3) is 0.429. The third-order valence-corrected chi connectivity index (χ3v) is 3.96. The molecule has 0 unspecified atom stereocenters. The van der Waals surface area contributed by atoms with E-state index in [0.29, 0.717) is 25.6 Å². The fourth-order valence-corrected chi connectivity index (χ4v) is 2.49. The third-order valence-electron chi connectivity index (χ3n) is 3.96. The first kappa shape index (κ1) is 24.8. The van der Waals surface area contributed by atoms with Gasteiger partial charge >= 0.3 is 0 Å². The molecule has 0 fully saturated rings. The molecule has 29 heavy (non-hydrogen) atoms. The van der Waals surface area contributed by atoms with Gasteiger partial charge in [-0.2, -0.15) is 0 Å². The second-order valence-electron chi connectivity index (χ2n) is 6.08. The molecule has 1 aromatic heterocycles. The Kier molecular flexibility index (Phi) is 11.9. The minimum absolute atomic E-state index is 0. The van der Waals surface area contributed by atoms with E-state index in [2.05, 4.69) is 27.5 Å². The van der Waals surface area contributed by atoms with Crippen molar-refractivity contribution >= 4 is 29.9 Å². The van der Waals surface area contributed by atoms with Crippen LogP contribution >= 0.6 is 24.0 Å². The molecular formula is C21H31IN4O3. The first-order valence-corrected chi connectivity index (χ1v) is 9.51. The maximum absolute atomic E-state index is 5.51. The smallest absolute Gasteiger partial charge is 0.213 e. The lowest BCUT2D eigenvalue weighted by Gasteiger charge is -2.14. The summed E-state index contributed by atoms with van der Waals surface area (Å²) in [5.74, 6) is 2.91. The van der Waals surface area contributed by atoms with Crippen LogP contribution in [0.3, 0.4) is 0 Å². The van der Waals surface area contributed by atoms with E-state index in [-0.39, 0.29) is 24.0 Å². The molecule has 0 atom stereocenters. The lowest BCUT2D eigenvalue weighted by molar-refractivity contribution is 0.305. The second-order valence-corrected chi connectivity index (χ2v) is 6.08. The molecule has 0 bridgehead atoms. The Morgan fingerprint density at radius 1 is 1.07 bits per heavy atom. The van der Waals surface area contributed by atoms with Gasteiger partial charge in [-0.1, -0.05) is 13.0 Å². The third kappa shape index (κ3) is 8.35. The van der Waals surface area contributed by atoms with E-state index in [0.717, 1.165) is 41.6 Å². The van der Waals surface area contributed by atoms with Crippen LogP contribution in [0.15, 0.2) is 41.5 Å². The summed E-state index contributed by atoms with van der Waals surface area (Å²) < 4.78 is 16.2. The van der Waals surface area contributed by atoms with E-state index in [9.17, 15) is 0 Å². The van der Waals surface area contributed by atoms with Gasteiger partial charge in [-0.3, -0.25) is 0 Å². The van der Waals surface area contributed by atoms with E-state index < -0.39 is 0 Å². The summed E-state index contributed by atoms with van der Waals surface area (Å²) in [4.78, 5) is 8.94. The lowest BCUT2D eigenvalue weighted by atomic mass is 10.2. The van der Waals surface area contributed by atoms with E-state index in [1.807, 2.05) is 37.3 Å². The molecule has 0 aliphatic rings. The molecule has 0 radical (unpaired) electrons. The maximum Gasteiger partial charge on any atom is 0.213 e. The highest BCUT2D eigenvalue weighted by Crippen LogP contribution is 2.24. The molecule has 2 aromatic rings. The number of nitrogens with zero attached hydrogens (tertiary/aromatic N) is 2. The summed E-state index contributed by atoms with van der Waals surface area (Å²) in [7, 11) is 3.29. The predicted molar refractivity (Wildman–Crippen MR) is 127 cm³/mol. The van der Waals surface area contributed by atoms with Crippen molar-refractivity contribution in [3.63, 3.8) is 0 Å². The van der Waals surface area contributed by atoms with Crippen LogP contribution in [-0.2, 0) is 13.1 Å². The monoisotopic (exact) mass is 514 g/mol. The maximum atomic E-state index is 5.51. The number of halogens is 1. The number of methoxy groups -OCH3 is 2. The molecule has 2 rings (SSSR count). The summed E-state index contributed by atoms with van der Waals surface area (Å²) in [6, 6.07) is 9.63. The van der Waals surface area contributed by atoms with E-state index in [1.54, 1.807) is 20.4 Å². The largest absolute Gasteiger partial charge is 0.497 e. The van der Waals surface area contributed by atoms with Crippen molar-refractivity contribution in [1.29, 1.82) is 0 Å². The van der Waals surface area contributed by atoms with Crippen molar-refractivity contribution in [2.45, 2.75) is 33.4 Å². The number of aromatic nitrogens is 1. The van der Waals surface area contributed by atoms with Crippen LogP contribution in [0, 0.1) is 0 Å². The highest BCUT2D eigenvalue weighted by atomic mass is 127. The normalized spacial score (nSPS) is 10.7.